The second-order valence-corrected chi connectivity index (χ2v) is 5.05. The Balaban J connectivity index is 2.82. The van der Waals surface area contributed by atoms with E-state index in [2.05, 4.69) is 25.7 Å². The minimum atomic E-state index is -4.80. The van der Waals surface area contributed by atoms with Crippen LogP contribution in [0.15, 0.2) is 16.6 Å². The van der Waals surface area contributed by atoms with E-state index in [9.17, 15) is 18.0 Å². The first kappa shape index (κ1) is 15.1. The van der Waals surface area contributed by atoms with Gasteiger partial charge < -0.3 is 4.74 Å². The lowest BCUT2D eigenvalue weighted by atomic mass is 10.3. The summed E-state index contributed by atoms with van der Waals surface area (Å²) in [6.45, 7) is 1.44. The van der Waals surface area contributed by atoms with E-state index in [-0.39, 0.29) is 22.7 Å². The molecule has 0 aliphatic carbocycles. The summed E-state index contributed by atoms with van der Waals surface area (Å²) in [5, 5.41) is 0.00271. The van der Waals surface area contributed by atoms with Gasteiger partial charge in [-0.2, -0.15) is 13.2 Å². The van der Waals surface area contributed by atoms with Crippen LogP contribution in [0.2, 0.25) is 5.02 Å². The topological polar surface area (TPSA) is 44.1 Å². The number of nitrogens with zero attached hydrogens (tertiary/aromatic N) is 2. The molecule has 0 fully saturated rings. The number of alkyl halides is 3. The SMILES string of the molecule is CCOC(=O)n1c(C(F)(F)F)nc2c(Cl)cc(Br)cc21. The smallest absolute Gasteiger partial charge is 0.449 e. The van der Waals surface area contributed by atoms with E-state index in [1.54, 1.807) is 0 Å². The van der Waals surface area contributed by atoms with Crippen molar-refractivity contribution in [1.29, 1.82) is 0 Å². The van der Waals surface area contributed by atoms with E-state index in [1.165, 1.54) is 19.1 Å². The number of carbonyl (C=O) groups excluding carboxylic acids is 1. The van der Waals surface area contributed by atoms with Crippen molar-refractivity contribution in [3.63, 3.8) is 0 Å². The number of ether oxygens (including phenoxy) is 1. The molecule has 0 spiro atoms. The maximum absolute atomic E-state index is 13.0. The molecular formula is C11H7BrClF3N2O2. The lowest BCUT2D eigenvalue weighted by molar-refractivity contribution is -0.146. The Bertz CT molecular complexity index is 684. The molecule has 0 atom stereocenters. The van der Waals surface area contributed by atoms with Crippen molar-refractivity contribution in [3.05, 3.63) is 27.5 Å². The predicted octanol–water partition coefficient (Wildman–Crippen LogP) is 4.48. The Morgan fingerprint density at radius 3 is 2.70 bits per heavy atom. The second kappa shape index (κ2) is 5.25. The van der Waals surface area contributed by atoms with Crippen molar-refractivity contribution in [3.8, 4) is 0 Å². The number of aromatic nitrogens is 2. The molecular weight excluding hydrogens is 364 g/mol. The van der Waals surface area contributed by atoms with E-state index < -0.39 is 18.1 Å². The van der Waals surface area contributed by atoms with Crippen molar-refractivity contribution in [2.24, 2.45) is 0 Å². The molecule has 9 heteroatoms. The zero-order valence-electron chi connectivity index (χ0n) is 9.96. The highest BCUT2D eigenvalue weighted by Crippen LogP contribution is 2.35. The van der Waals surface area contributed by atoms with E-state index in [0.717, 1.165) is 0 Å². The molecule has 0 unspecified atom stereocenters. The number of rotatable bonds is 1. The minimum absolute atomic E-state index is 0.00271. The van der Waals surface area contributed by atoms with Crippen molar-refractivity contribution in [2.75, 3.05) is 6.61 Å². The van der Waals surface area contributed by atoms with Crippen molar-refractivity contribution >= 4 is 44.7 Å². The fourth-order valence-corrected chi connectivity index (χ4v) is 2.50. The maximum atomic E-state index is 13.0. The van der Waals surface area contributed by atoms with Crippen LogP contribution in [-0.4, -0.2) is 22.3 Å². The summed E-state index contributed by atoms with van der Waals surface area (Å²) in [6, 6.07) is 2.72. The summed E-state index contributed by atoms with van der Waals surface area (Å²) in [6.07, 6.45) is -5.96. The van der Waals surface area contributed by atoms with Gasteiger partial charge in [-0.05, 0) is 19.1 Å². The monoisotopic (exact) mass is 370 g/mol. The van der Waals surface area contributed by atoms with Crippen LogP contribution in [0.1, 0.15) is 12.7 Å². The van der Waals surface area contributed by atoms with Gasteiger partial charge in [0.2, 0.25) is 5.82 Å². The lowest BCUT2D eigenvalue weighted by Crippen LogP contribution is -2.22. The van der Waals surface area contributed by atoms with Gasteiger partial charge in [0.15, 0.2) is 0 Å². The fraction of sp³-hybridized carbons (Fsp3) is 0.273. The Morgan fingerprint density at radius 1 is 1.50 bits per heavy atom. The molecule has 0 bridgehead atoms. The number of fused-ring (bicyclic) bond motifs is 1. The molecule has 1 heterocycles. The number of hydrogen-bond donors (Lipinski definition) is 0. The maximum Gasteiger partial charge on any atom is 0.450 e. The average molecular weight is 372 g/mol. The Labute approximate surface area is 124 Å². The second-order valence-electron chi connectivity index (χ2n) is 3.72. The average Bonchev–Trinajstić information content (AvgIpc) is 2.68. The van der Waals surface area contributed by atoms with Crippen LogP contribution in [0.5, 0.6) is 0 Å². The van der Waals surface area contributed by atoms with Crippen LogP contribution in [0.3, 0.4) is 0 Å². The molecule has 0 saturated heterocycles. The minimum Gasteiger partial charge on any atom is -0.449 e. The largest absolute Gasteiger partial charge is 0.450 e. The lowest BCUT2D eigenvalue weighted by Gasteiger charge is -2.09. The molecule has 2 rings (SSSR count). The van der Waals surface area contributed by atoms with E-state index in [4.69, 9.17) is 11.6 Å². The molecule has 0 amide bonds. The van der Waals surface area contributed by atoms with Gasteiger partial charge in [-0.15, -0.1) is 0 Å². The molecule has 0 N–H and O–H groups in total. The van der Waals surface area contributed by atoms with Crippen molar-refractivity contribution in [2.45, 2.75) is 13.1 Å². The molecule has 0 aliphatic heterocycles. The van der Waals surface area contributed by atoms with Gasteiger partial charge in [0.25, 0.3) is 0 Å². The third kappa shape index (κ3) is 2.62. The van der Waals surface area contributed by atoms with Gasteiger partial charge >= 0.3 is 12.3 Å². The summed E-state index contributed by atoms with van der Waals surface area (Å²) in [7, 11) is 0. The quantitative estimate of drug-likeness (QED) is 0.742. The van der Waals surface area contributed by atoms with Crippen molar-refractivity contribution in [1.82, 2.24) is 9.55 Å². The standard InChI is InChI=1S/C11H7BrClF3N2O2/c1-2-20-10(19)18-7-4-5(12)3-6(13)8(7)17-9(18)11(14,15)16/h3-4H,2H2,1H3. The first-order chi connectivity index (χ1) is 9.25. The summed E-state index contributed by atoms with van der Waals surface area (Å²) < 4.78 is 44.4. The van der Waals surface area contributed by atoms with Crippen LogP contribution < -0.4 is 0 Å². The van der Waals surface area contributed by atoms with Gasteiger partial charge in [-0.1, -0.05) is 27.5 Å². The van der Waals surface area contributed by atoms with E-state index in [1.807, 2.05) is 0 Å². The molecule has 108 valence electrons. The highest BCUT2D eigenvalue weighted by Gasteiger charge is 2.40. The first-order valence-electron chi connectivity index (χ1n) is 5.37. The third-order valence-electron chi connectivity index (χ3n) is 2.38. The van der Waals surface area contributed by atoms with Crippen LogP contribution in [0.25, 0.3) is 11.0 Å². The zero-order chi connectivity index (χ0) is 15.1. The molecule has 0 radical (unpaired) electrons. The van der Waals surface area contributed by atoms with Gasteiger partial charge in [-0.3, -0.25) is 0 Å². The highest BCUT2D eigenvalue weighted by atomic mass is 79.9. The summed E-state index contributed by atoms with van der Waals surface area (Å²) in [4.78, 5) is 15.2. The molecule has 1 aromatic heterocycles. The number of halogens is 5. The third-order valence-corrected chi connectivity index (χ3v) is 3.13. The number of imidazole rings is 1. The normalized spacial score (nSPS) is 11.9. The number of hydrogen-bond acceptors (Lipinski definition) is 3. The Morgan fingerprint density at radius 2 is 2.15 bits per heavy atom. The van der Waals surface area contributed by atoms with Crippen LogP contribution in [-0.2, 0) is 10.9 Å². The van der Waals surface area contributed by atoms with Crippen LogP contribution in [0, 0.1) is 0 Å². The summed E-state index contributed by atoms with van der Waals surface area (Å²) in [5.74, 6) is -1.37. The summed E-state index contributed by atoms with van der Waals surface area (Å²) in [5.41, 5.74) is -0.189. The molecule has 0 saturated carbocycles. The van der Waals surface area contributed by atoms with Crippen molar-refractivity contribution < 1.29 is 22.7 Å². The Hall–Kier alpha value is -1.28. The van der Waals surface area contributed by atoms with Crippen LogP contribution >= 0.6 is 27.5 Å². The van der Waals surface area contributed by atoms with E-state index in [0.29, 0.717) is 9.04 Å². The molecule has 4 nitrogen and oxygen atoms in total. The van der Waals surface area contributed by atoms with Gasteiger partial charge in [0, 0.05) is 4.47 Å². The molecule has 20 heavy (non-hydrogen) atoms. The van der Waals surface area contributed by atoms with E-state index >= 15 is 0 Å². The number of benzene rings is 1. The van der Waals surface area contributed by atoms with Gasteiger partial charge in [-0.25, -0.2) is 14.3 Å². The first-order valence-corrected chi connectivity index (χ1v) is 6.54. The predicted molar refractivity (Wildman–Crippen MR) is 69.9 cm³/mol. The Kier molecular flexibility index (Phi) is 3.97. The molecule has 0 aliphatic rings. The molecule has 1 aromatic carbocycles. The summed E-state index contributed by atoms with van der Waals surface area (Å²) >= 11 is 8.96. The fourth-order valence-electron chi connectivity index (χ4n) is 1.67. The number of carbonyl (C=O) groups is 1. The molecule has 2 aromatic rings. The van der Waals surface area contributed by atoms with Gasteiger partial charge in [0.05, 0.1) is 17.1 Å². The zero-order valence-corrected chi connectivity index (χ0v) is 12.3. The van der Waals surface area contributed by atoms with Gasteiger partial charge in [0.1, 0.15) is 5.52 Å². The van der Waals surface area contributed by atoms with Crippen LogP contribution in [0.4, 0.5) is 18.0 Å². The highest BCUT2D eigenvalue weighted by molar-refractivity contribution is 9.10.